The molecule has 0 atom stereocenters. The average Bonchev–Trinajstić information content (AvgIpc) is 3.15. The highest BCUT2D eigenvalue weighted by atomic mass is 35.5. The van der Waals surface area contributed by atoms with Crippen LogP contribution in [-0.2, 0) is 12.2 Å². The summed E-state index contributed by atoms with van der Waals surface area (Å²) in [6.45, 7) is 0. The van der Waals surface area contributed by atoms with Gasteiger partial charge in [0.1, 0.15) is 0 Å². The number of halogens is 1. The van der Waals surface area contributed by atoms with E-state index < -0.39 is 0 Å². The molecule has 0 N–H and O–H groups in total. The molecule has 1 heterocycles. The summed E-state index contributed by atoms with van der Waals surface area (Å²) in [7, 11) is 0. The third kappa shape index (κ3) is 4.59. The molecule has 0 fully saturated rings. The van der Waals surface area contributed by atoms with E-state index in [4.69, 9.17) is 16.0 Å². The fourth-order valence-corrected chi connectivity index (χ4v) is 3.87. The van der Waals surface area contributed by atoms with E-state index in [0.717, 1.165) is 11.3 Å². The van der Waals surface area contributed by atoms with Crippen LogP contribution in [0.25, 0.3) is 11.1 Å². The van der Waals surface area contributed by atoms with E-state index >= 15 is 0 Å². The van der Waals surface area contributed by atoms with E-state index in [0.29, 0.717) is 22.6 Å². The first-order valence-electron chi connectivity index (χ1n) is 8.61. The van der Waals surface area contributed by atoms with Crippen LogP contribution in [0.15, 0.2) is 88.5 Å². The van der Waals surface area contributed by atoms with Gasteiger partial charge in [0, 0.05) is 10.8 Å². The summed E-state index contributed by atoms with van der Waals surface area (Å²) in [6, 6.07) is 26.5. The second kappa shape index (κ2) is 8.42. The van der Waals surface area contributed by atoms with Crippen molar-refractivity contribution in [3.63, 3.8) is 0 Å². The van der Waals surface area contributed by atoms with Gasteiger partial charge in [0.15, 0.2) is 0 Å². The van der Waals surface area contributed by atoms with Gasteiger partial charge in [-0.3, -0.25) is 0 Å². The second-order valence-electron chi connectivity index (χ2n) is 6.08. The first-order chi connectivity index (χ1) is 13.3. The Morgan fingerprint density at radius 3 is 2.52 bits per heavy atom. The zero-order valence-corrected chi connectivity index (χ0v) is 16.1. The maximum absolute atomic E-state index is 6.03. The third-order valence-electron chi connectivity index (χ3n) is 4.15. The standard InChI is InChI=1S/C22H17ClN2OS/c23-19-11-6-7-16(13-19)14-21-24-25-22(26-21)27-15-18-10-4-5-12-20(18)17-8-2-1-3-9-17/h1-13H,14-15H2. The van der Waals surface area contributed by atoms with Crippen molar-refractivity contribution < 1.29 is 4.42 Å². The molecule has 134 valence electrons. The number of nitrogens with zero attached hydrogens (tertiary/aromatic N) is 2. The van der Waals surface area contributed by atoms with Crippen LogP contribution < -0.4 is 0 Å². The molecule has 0 radical (unpaired) electrons. The van der Waals surface area contributed by atoms with E-state index in [1.165, 1.54) is 16.7 Å². The lowest BCUT2D eigenvalue weighted by atomic mass is 10.0. The molecular formula is C22H17ClN2OS. The predicted octanol–water partition coefficient (Wildman–Crippen LogP) is 6.27. The van der Waals surface area contributed by atoms with Gasteiger partial charge in [-0.05, 0) is 34.4 Å². The van der Waals surface area contributed by atoms with E-state index in [9.17, 15) is 0 Å². The van der Waals surface area contributed by atoms with Gasteiger partial charge in [0.25, 0.3) is 5.22 Å². The van der Waals surface area contributed by atoms with Crippen LogP contribution in [0.5, 0.6) is 0 Å². The summed E-state index contributed by atoms with van der Waals surface area (Å²) in [4.78, 5) is 0. The maximum atomic E-state index is 6.03. The number of benzene rings is 3. The Kier molecular flexibility index (Phi) is 5.56. The van der Waals surface area contributed by atoms with Crippen molar-refractivity contribution in [2.45, 2.75) is 17.4 Å². The Labute approximate surface area is 167 Å². The lowest BCUT2D eigenvalue weighted by molar-refractivity contribution is 0.420. The summed E-state index contributed by atoms with van der Waals surface area (Å²) < 4.78 is 5.79. The molecule has 5 heteroatoms. The smallest absolute Gasteiger partial charge is 0.276 e. The summed E-state index contributed by atoms with van der Waals surface area (Å²) in [5.74, 6) is 1.36. The van der Waals surface area contributed by atoms with Crippen LogP contribution in [-0.4, -0.2) is 10.2 Å². The van der Waals surface area contributed by atoms with Crippen molar-refractivity contribution in [3.05, 3.63) is 101 Å². The Bertz CT molecular complexity index is 1030. The molecule has 3 nitrogen and oxygen atoms in total. The van der Waals surface area contributed by atoms with Gasteiger partial charge in [-0.1, -0.05) is 90.1 Å². The molecular weight excluding hydrogens is 376 g/mol. The molecule has 0 aliphatic heterocycles. The van der Waals surface area contributed by atoms with Gasteiger partial charge in [-0.2, -0.15) is 0 Å². The lowest BCUT2D eigenvalue weighted by Crippen LogP contribution is -1.87. The Hall–Kier alpha value is -2.56. The highest BCUT2D eigenvalue weighted by Gasteiger charge is 2.10. The van der Waals surface area contributed by atoms with Crippen molar-refractivity contribution in [3.8, 4) is 11.1 Å². The molecule has 0 amide bonds. The summed E-state index contributed by atoms with van der Waals surface area (Å²) in [5, 5.41) is 9.61. The lowest BCUT2D eigenvalue weighted by Gasteiger charge is -2.08. The van der Waals surface area contributed by atoms with Gasteiger partial charge in [0.05, 0.1) is 6.42 Å². The zero-order valence-electron chi connectivity index (χ0n) is 14.5. The number of hydrogen-bond acceptors (Lipinski definition) is 4. The average molecular weight is 393 g/mol. The Morgan fingerprint density at radius 1 is 0.852 bits per heavy atom. The highest BCUT2D eigenvalue weighted by Crippen LogP contribution is 2.29. The molecule has 0 bridgehead atoms. The molecule has 0 saturated carbocycles. The second-order valence-corrected chi connectivity index (χ2v) is 7.44. The van der Waals surface area contributed by atoms with E-state index in [1.54, 1.807) is 11.8 Å². The molecule has 0 aliphatic carbocycles. The van der Waals surface area contributed by atoms with Crippen LogP contribution in [0.4, 0.5) is 0 Å². The highest BCUT2D eigenvalue weighted by molar-refractivity contribution is 7.98. The van der Waals surface area contributed by atoms with E-state index in [-0.39, 0.29) is 0 Å². The number of rotatable bonds is 6. The van der Waals surface area contributed by atoms with E-state index in [1.807, 2.05) is 30.3 Å². The van der Waals surface area contributed by atoms with Gasteiger partial charge < -0.3 is 4.42 Å². The van der Waals surface area contributed by atoms with Crippen LogP contribution in [0.2, 0.25) is 5.02 Å². The van der Waals surface area contributed by atoms with Crippen LogP contribution in [0.1, 0.15) is 17.0 Å². The number of hydrogen-bond donors (Lipinski definition) is 0. The van der Waals surface area contributed by atoms with Crippen molar-refractivity contribution in [2.24, 2.45) is 0 Å². The fourth-order valence-electron chi connectivity index (χ4n) is 2.87. The molecule has 1 aromatic heterocycles. The normalized spacial score (nSPS) is 10.9. The van der Waals surface area contributed by atoms with Crippen molar-refractivity contribution >= 4 is 23.4 Å². The Morgan fingerprint density at radius 2 is 1.67 bits per heavy atom. The van der Waals surface area contributed by atoms with Crippen LogP contribution >= 0.6 is 23.4 Å². The number of aromatic nitrogens is 2. The van der Waals surface area contributed by atoms with Crippen LogP contribution in [0.3, 0.4) is 0 Å². The van der Waals surface area contributed by atoms with Crippen molar-refractivity contribution in [2.75, 3.05) is 0 Å². The quantitative estimate of drug-likeness (QED) is 0.362. The zero-order chi connectivity index (χ0) is 18.5. The Balaban J connectivity index is 1.45. The van der Waals surface area contributed by atoms with Crippen molar-refractivity contribution in [1.29, 1.82) is 0 Å². The van der Waals surface area contributed by atoms with Gasteiger partial charge in [-0.15, -0.1) is 10.2 Å². The van der Waals surface area contributed by atoms with Gasteiger partial charge in [0.2, 0.25) is 5.89 Å². The largest absolute Gasteiger partial charge is 0.416 e. The topological polar surface area (TPSA) is 38.9 Å². The summed E-state index contributed by atoms with van der Waals surface area (Å²) in [5.41, 5.74) is 4.73. The summed E-state index contributed by atoms with van der Waals surface area (Å²) >= 11 is 7.58. The molecule has 4 rings (SSSR count). The van der Waals surface area contributed by atoms with E-state index in [2.05, 4.69) is 58.7 Å². The third-order valence-corrected chi connectivity index (χ3v) is 5.25. The molecule has 0 saturated heterocycles. The maximum Gasteiger partial charge on any atom is 0.276 e. The summed E-state index contributed by atoms with van der Waals surface area (Å²) in [6.07, 6.45) is 0.578. The van der Waals surface area contributed by atoms with Crippen LogP contribution in [0, 0.1) is 0 Å². The minimum absolute atomic E-state index is 0.578. The SMILES string of the molecule is Clc1cccc(Cc2nnc(SCc3ccccc3-c3ccccc3)o2)c1. The molecule has 4 aromatic rings. The fraction of sp³-hybridized carbons (Fsp3) is 0.0909. The molecule has 0 spiro atoms. The van der Waals surface area contributed by atoms with Gasteiger partial charge in [-0.25, -0.2) is 0 Å². The molecule has 27 heavy (non-hydrogen) atoms. The predicted molar refractivity (Wildman–Crippen MR) is 110 cm³/mol. The van der Waals surface area contributed by atoms with Gasteiger partial charge >= 0.3 is 0 Å². The number of thioether (sulfide) groups is 1. The first-order valence-corrected chi connectivity index (χ1v) is 9.97. The molecule has 0 unspecified atom stereocenters. The first kappa shape index (κ1) is 17.8. The monoisotopic (exact) mass is 392 g/mol. The molecule has 3 aromatic carbocycles. The minimum atomic E-state index is 0.578. The van der Waals surface area contributed by atoms with Crippen molar-refractivity contribution in [1.82, 2.24) is 10.2 Å². The molecule has 0 aliphatic rings. The minimum Gasteiger partial charge on any atom is -0.416 e.